The molecule has 2 aromatic rings. The molecule has 1 atom stereocenters. The van der Waals surface area contributed by atoms with Crippen LogP contribution in [0.25, 0.3) is 0 Å². The van der Waals surface area contributed by atoms with Crippen LogP contribution in [0.5, 0.6) is 11.5 Å². The van der Waals surface area contributed by atoms with Gasteiger partial charge in [-0.2, -0.15) is 0 Å². The first-order valence-corrected chi connectivity index (χ1v) is 9.75. The van der Waals surface area contributed by atoms with E-state index in [1.807, 2.05) is 36.4 Å². The molecule has 1 heterocycles. The van der Waals surface area contributed by atoms with Crippen molar-refractivity contribution in [2.45, 2.75) is 31.9 Å². The van der Waals surface area contributed by atoms with Gasteiger partial charge in [0.2, 0.25) is 0 Å². The largest absolute Gasteiger partial charge is 0.497 e. The number of ether oxygens (including phenoxy) is 2. The van der Waals surface area contributed by atoms with Crippen LogP contribution in [0, 0.1) is 0 Å². The molecule has 0 spiro atoms. The predicted molar refractivity (Wildman–Crippen MR) is 114 cm³/mol. The lowest BCUT2D eigenvalue weighted by Gasteiger charge is -2.38. The Hall–Kier alpha value is -1.50. The maximum absolute atomic E-state index is 6.15. The number of nitrogens with one attached hydrogen (secondary N) is 2. The number of halogens is 2. The van der Waals surface area contributed by atoms with Crippen molar-refractivity contribution >= 4 is 50.5 Å². The fraction of sp³-hybridized carbons (Fsp3) is 0.316. The van der Waals surface area contributed by atoms with Crippen LogP contribution in [-0.4, -0.2) is 17.8 Å². The van der Waals surface area contributed by atoms with Crippen LogP contribution in [0.15, 0.2) is 40.9 Å². The molecule has 0 saturated heterocycles. The average molecular weight is 456 g/mol. The number of hydrogen-bond acceptors (Lipinski definition) is 3. The van der Waals surface area contributed by atoms with Gasteiger partial charge >= 0.3 is 0 Å². The van der Waals surface area contributed by atoms with E-state index in [0.717, 1.165) is 33.6 Å². The Kier molecular flexibility index (Phi) is 5.65. The minimum absolute atomic E-state index is 0.00905. The van der Waals surface area contributed by atoms with Crippen molar-refractivity contribution in [3.05, 3.63) is 51.5 Å². The minimum Gasteiger partial charge on any atom is -0.497 e. The van der Waals surface area contributed by atoms with E-state index < -0.39 is 0 Å². The van der Waals surface area contributed by atoms with Gasteiger partial charge in [-0.1, -0.05) is 11.6 Å². The summed E-state index contributed by atoms with van der Waals surface area (Å²) >= 11 is 15.0. The smallest absolute Gasteiger partial charge is 0.171 e. The predicted octanol–water partition coefficient (Wildman–Crippen LogP) is 5.70. The Labute approximate surface area is 172 Å². The summed E-state index contributed by atoms with van der Waals surface area (Å²) < 4.78 is 12.3. The number of hydrogen-bond donors (Lipinski definition) is 2. The van der Waals surface area contributed by atoms with Crippen LogP contribution in [0.4, 0.5) is 5.69 Å². The van der Waals surface area contributed by atoms with E-state index in [1.165, 1.54) is 0 Å². The zero-order valence-electron chi connectivity index (χ0n) is 14.7. The summed E-state index contributed by atoms with van der Waals surface area (Å²) in [4.78, 5) is 0. The molecule has 138 valence electrons. The molecule has 0 radical (unpaired) electrons. The van der Waals surface area contributed by atoms with Gasteiger partial charge in [0.1, 0.15) is 17.1 Å². The van der Waals surface area contributed by atoms with Gasteiger partial charge < -0.3 is 20.1 Å². The lowest BCUT2D eigenvalue weighted by molar-refractivity contribution is 0.0695. The molecule has 0 amide bonds. The van der Waals surface area contributed by atoms with Crippen LogP contribution >= 0.6 is 39.7 Å². The van der Waals surface area contributed by atoms with Crippen LogP contribution in [-0.2, 0) is 0 Å². The highest BCUT2D eigenvalue weighted by Gasteiger charge is 2.34. The third-order valence-electron chi connectivity index (χ3n) is 4.16. The Morgan fingerprint density at radius 3 is 2.77 bits per heavy atom. The summed E-state index contributed by atoms with van der Waals surface area (Å²) in [6.45, 7) is 4.14. The highest BCUT2D eigenvalue weighted by Crippen LogP contribution is 2.41. The standard InChI is InChI=1S/C19H20BrClN2O2S/c1-19(2)10-16(13-9-12(24-3)5-7-17(13)25-19)23-18(26)22-11-4-6-14(20)15(21)8-11/h4-9,16H,10H2,1-3H3,(H2,22,23,26)/t16-/m1/s1. The molecule has 0 aromatic heterocycles. The normalized spacial score (nSPS) is 17.7. The number of rotatable bonds is 3. The topological polar surface area (TPSA) is 42.5 Å². The first kappa shape index (κ1) is 19.3. The summed E-state index contributed by atoms with van der Waals surface area (Å²) in [6, 6.07) is 11.5. The zero-order chi connectivity index (χ0) is 18.9. The molecule has 0 saturated carbocycles. The highest BCUT2D eigenvalue weighted by atomic mass is 79.9. The van der Waals surface area contributed by atoms with E-state index in [-0.39, 0.29) is 11.6 Å². The maximum atomic E-state index is 6.15. The molecule has 4 nitrogen and oxygen atoms in total. The second kappa shape index (κ2) is 7.62. The van der Waals surface area contributed by atoms with Crippen molar-refractivity contribution in [3.8, 4) is 11.5 Å². The summed E-state index contributed by atoms with van der Waals surface area (Å²) in [5.74, 6) is 1.63. The molecule has 26 heavy (non-hydrogen) atoms. The molecular formula is C19H20BrClN2O2S. The van der Waals surface area contributed by atoms with Gasteiger partial charge in [-0.05, 0) is 78.4 Å². The lowest BCUT2D eigenvalue weighted by atomic mass is 9.89. The number of fused-ring (bicyclic) bond motifs is 1. The monoisotopic (exact) mass is 454 g/mol. The van der Waals surface area contributed by atoms with Crippen molar-refractivity contribution in [1.82, 2.24) is 5.32 Å². The van der Waals surface area contributed by atoms with E-state index in [9.17, 15) is 0 Å². The molecule has 1 aliphatic rings. The van der Waals surface area contributed by atoms with Gasteiger partial charge in [0.05, 0.1) is 18.2 Å². The Morgan fingerprint density at radius 2 is 2.08 bits per heavy atom. The van der Waals surface area contributed by atoms with E-state index >= 15 is 0 Å². The molecular weight excluding hydrogens is 436 g/mol. The van der Waals surface area contributed by atoms with Gasteiger partial charge in [-0.3, -0.25) is 0 Å². The minimum atomic E-state index is -0.296. The zero-order valence-corrected chi connectivity index (χ0v) is 17.9. The molecule has 7 heteroatoms. The molecule has 0 aliphatic carbocycles. The third kappa shape index (κ3) is 4.42. The molecule has 0 bridgehead atoms. The second-order valence-corrected chi connectivity index (χ2v) is 8.42. The van der Waals surface area contributed by atoms with Gasteiger partial charge in [-0.25, -0.2) is 0 Å². The van der Waals surface area contributed by atoms with E-state index in [4.69, 9.17) is 33.3 Å². The summed E-state index contributed by atoms with van der Waals surface area (Å²) in [5.41, 5.74) is 1.56. The Balaban J connectivity index is 1.79. The van der Waals surface area contributed by atoms with Crippen LogP contribution in [0.2, 0.25) is 5.02 Å². The average Bonchev–Trinajstić information content (AvgIpc) is 2.57. The van der Waals surface area contributed by atoms with E-state index in [1.54, 1.807) is 7.11 Å². The Bertz CT molecular complexity index is 844. The third-order valence-corrected chi connectivity index (χ3v) is 5.61. The molecule has 2 N–H and O–H groups in total. The van der Waals surface area contributed by atoms with Crippen LogP contribution < -0.4 is 20.1 Å². The number of benzene rings is 2. The molecule has 0 unspecified atom stereocenters. The first-order chi connectivity index (χ1) is 12.3. The van der Waals surface area contributed by atoms with Gasteiger partial charge in [0.15, 0.2) is 5.11 Å². The SMILES string of the molecule is COc1ccc2c(c1)[C@H](NC(=S)Nc1ccc(Br)c(Cl)c1)CC(C)(C)O2. The van der Waals surface area contributed by atoms with Crippen molar-refractivity contribution in [1.29, 1.82) is 0 Å². The fourth-order valence-corrected chi connectivity index (χ4v) is 3.68. The van der Waals surface area contributed by atoms with Crippen molar-refractivity contribution in [3.63, 3.8) is 0 Å². The van der Waals surface area contributed by atoms with Crippen molar-refractivity contribution in [2.24, 2.45) is 0 Å². The molecule has 1 aliphatic heterocycles. The summed E-state index contributed by atoms with van der Waals surface area (Å²) in [6.07, 6.45) is 0.774. The van der Waals surface area contributed by atoms with Crippen molar-refractivity contribution in [2.75, 3.05) is 12.4 Å². The van der Waals surface area contributed by atoms with Gasteiger partial charge in [0, 0.05) is 22.1 Å². The lowest BCUT2D eigenvalue weighted by Crippen LogP contribution is -2.42. The number of anilines is 1. The van der Waals surface area contributed by atoms with E-state index in [2.05, 4.69) is 40.4 Å². The maximum Gasteiger partial charge on any atom is 0.171 e. The highest BCUT2D eigenvalue weighted by molar-refractivity contribution is 9.10. The molecule has 2 aromatic carbocycles. The molecule has 0 fully saturated rings. The summed E-state index contributed by atoms with van der Waals surface area (Å²) in [5, 5.41) is 7.73. The second-order valence-electron chi connectivity index (χ2n) is 6.75. The summed E-state index contributed by atoms with van der Waals surface area (Å²) in [7, 11) is 1.65. The number of thiocarbonyl (C=S) groups is 1. The molecule has 3 rings (SSSR count). The van der Waals surface area contributed by atoms with Crippen molar-refractivity contribution < 1.29 is 9.47 Å². The van der Waals surface area contributed by atoms with Gasteiger partial charge in [0.25, 0.3) is 0 Å². The first-order valence-electron chi connectivity index (χ1n) is 8.17. The fourth-order valence-electron chi connectivity index (χ4n) is 2.99. The Morgan fingerprint density at radius 1 is 1.31 bits per heavy atom. The van der Waals surface area contributed by atoms with E-state index in [0.29, 0.717) is 10.1 Å². The van der Waals surface area contributed by atoms with Crippen LogP contribution in [0.1, 0.15) is 31.9 Å². The number of methoxy groups -OCH3 is 1. The quantitative estimate of drug-likeness (QED) is 0.581. The van der Waals surface area contributed by atoms with Crippen LogP contribution in [0.3, 0.4) is 0 Å². The van der Waals surface area contributed by atoms with Gasteiger partial charge in [-0.15, -0.1) is 0 Å².